The minimum absolute atomic E-state index is 0.293. The standard InChI is InChI=1S/C14H16N2O2/c1-10-14(2,9-15)16-12(13(17)18-10)8-11-6-4-3-5-7-11/h3-7,10,12,16H,8H2,1-2H3/t10-,12-,14-/m1/s1. The number of nitriles is 1. The van der Waals surface area contributed by atoms with Gasteiger partial charge in [-0.15, -0.1) is 0 Å². The highest BCUT2D eigenvalue weighted by Gasteiger charge is 2.43. The number of cyclic esters (lactones) is 1. The number of carbonyl (C=O) groups is 1. The van der Waals surface area contributed by atoms with Crippen molar-refractivity contribution in [1.29, 1.82) is 5.26 Å². The second-order valence-electron chi connectivity index (χ2n) is 4.78. The zero-order valence-corrected chi connectivity index (χ0v) is 10.5. The van der Waals surface area contributed by atoms with Crippen molar-refractivity contribution in [3.63, 3.8) is 0 Å². The van der Waals surface area contributed by atoms with E-state index in [1.807, 2.05) is 30.3 Å². The third-order valence-electron chi connectivity index (χ3n) is 3.38. The van der Waals surface area contributed by atoms with Gasteiger partial charge in [-0.2, -0.15) is 5.26 Å². The van der Waals surface area contributed by atoms with Gasteiger partial charge in [0.25, 0.3) is 0 Å². The first-order valence-electron chi connectivity index (χ1n) is 5.98. The lowest BCUT2D eigenvalue weighted by molar-refractivity contribution is -0.161. The molecule has 0 spiro atoms. The van der Waals surface area contributed by atoms with Gasteiger partial charge >= 0.3 is 5.97 Å². The Morgan fingerprint density at radius 3 is 2.72 bits per heavy atom. The lowest BCUT2D eigenvalue weighted by Gasteiger charge is -2.38. The number of hydrogen-bond acceptors (Lipinski definition) is 4. The number of nitrogens with one attached hydrogen (secondary N) is 1. The van der Waals surface area contributed by atoms with Crippen LogP contribution in [0, 0.1) is 11.3 Å². The molecule has 1 aliphatic rings. The first-order chi connectivity index (χ1) is 8.55. The fraction of sp³-hybridized carbons (Fsp3) is 0.429. The zero-order chi connectivity index (χ0) is 13.2. The number of morpholine rings is 1. The molecule has 0 radical (unpaired) electrons. The van der Waals surface area contributed by atoms with Gasteiger partial charge in [0, 0.05) is 0 Å². The van der Waals surface area contributed by atoms with E-state index in [2.05, 4.69) is 11.4 Å². The van der Waals surface area contributed by atoms with Crippen LogP contribution in [0.5, 0.6) is 0 Å². The van der Waals surface area contributed by atoms with E-state index in [1.54, 1.807) is 13.8 Å². The highest BCUT2D eigenvalue weighted by molar-refractivity contribution is 5.77. The van der Waals surface area contributed by atoms with E-state index in [-0.39, 0.29) is 5.97 Å². The van der Waals surface area contributed by atoms with E-state index in [4.69, 9.17) is 4.74 Å². The van der Waals surface area contributed by atoms with Crippen LogP contribution in [-0.4, -0.2) is 23.7 Å². The molecule has 4 heteroatoms. The Labute approximate surface area is 107 Å². The quantitative estimate of drug-likeness (QED) is 0.799. The molecule has 0 aromatic heterocycles. The van der Waals surface area contributed by atoms with Crippen LogP contribution < -0.4 is 5.32 Å². The second-order valence-corrected chi connectivity index (χ2v) is 4.78. The Morgan fingerprint density at radius 2 is 2.11 bits per heavy atom. The van der Waals surface area contributed by atoms with Crippen LogP contribution in [0.2, 0.25) is 0 Å². The molecule has 1 N–H and O–H groups in total. The summed E-state index contributed by atoms with van der Waals surface area (Å²) in [7, 11) is 0. The molecule has 1 aliphatic heterocycles. The van der Waals surface area contributed by atoms with Crippen molar-refractivity contribution in [3.05, 3.63) is 35.9 Å². The molecule has 18 heavy (non-hydrogen) atoms. The number of hydrogen-bond donors (Lipinski definition) is 1. The summed E-state index contributed by atoms with van der Waals surface area (Å²) in [6, 6.07) is 11.4. The molecular formula is C14H16N2O2. The lowest BCUT2D eigenvalue weighted by Crippen LogP contribution is -2.63. The predicted octanol–water partition coefficient (Wildman–Crippen LogP) is 1.41. The van der Waals surface area contributed by atoms with Gasteiger partial charge in [0.2, 0.25) is 0 Å². The minimum atomic E-state index is -0.826. The molecule has 1 heterocycles. The summed E-state index contributed by atoms with van der Waals surface area (Å²) in [6.07, 6.45) is 0.0888. The van der Waals surface area contributed by atoms with Crippen LogP contribution in [0.15, 0.2) is 30.3 Å². The zero-order valence-electron chi connectivity index (χ0n) is 10.5. The first-order valence-corrected chi connectivity index (χ1v) is 5.98. The van der Waals surface area contributed by atoms with Crippen molar-refractivity contribution in [2.24, 2.45) is 0 Å². The van der Waals surface area contributed by atoms with Gasteiger partial charge in [-0.25, -0.2) is 0 Å². The van der Waals surface area contributed by atoms with Crippen molar-refractivity contribution in [3.8, 4) is 6.07 Å². The smallest absolute Gasteiger partial charge is 0.323 e. The van der Waals surface area contributed by atoms with Crippen molar-refractivity contribution < 1.29 is 9.53 Å². The van der Waals surface area contributed by atoms with Gasteiger partial charge in [0.1, 0.15) is 17.7 Å². The summed E-state index contributed by atoms with van der Waals surface area (Å²) in [5.41, 5.74) is 0.217. The Kier molecular flexibility index (Phi) is 3.35. The fourth-order valence-electron chi connectivity index (χ4n) is 2.02. The maximum atomic E-state index is 11.8. The van der Waals surface area contributed by atoms with E-state index < -0.39 is 17.7 Å². The average molecular weight is 244 g/mol. The molecule has 3 atom stereocenters. The molecule has 1 aromatic rings. The second kappa shape index (κ2) is 4.79. The molecule has 94 valence electrons. The fourth-order valence-corrected chi connectivity index (χ4v) is 2.02. The molecule has 0 bridgehead atoms. The molecule has 0 amide bonds. The molecule has 1 saturated heterocycles. The Bertz CT molecular complexity index is 480. The maximum absolute atomic E-state index is 11.8. The summed E-state index contributed by atoms with van der Waals surface area (Å²) in [4.78, 5) is 11.8. The van der Waals surface area contributed by atoms with Gasteiger partial charge in [-0.1, -0.05) is 30.3 Å². The first kappa shape index (κ1) is 12.6. The van der Waals surface area contributed by atoms with Gasteiger partial charge < -0.3 is 4.74 Å². The highest BCUT2D eigenvalue weighted by atomic mass is 16.5. The number of esters is 1. The third-order valence-corrected chi connectivity index (χ3v) is 3.38. The van der Waals surface area contributed by atoms with Crippen molar-refractivity contribution in [2.45, 2.75) is 38.0 Å². The van der Waals surface area contributed by atoms with Crippen LogP contribution in [0.3, 0.4) is 0 Å². The molecule has 2 rings (SSSR count). The summed E-state index contributed by atoms with van der Waals surface area (Å²) >= 11 is 0. The summed E-state index contributed by atoms with van der Waals surface area (Å²) in [6.45, 7) is 3.48. The van der Waals surface area contributed by atoms with E-state index in [0.29, 0.717) is 6.42 Å². The molecule has 4 nitrogen and oxygen atoms in total. The van der Waals surface area contributed by atoms with Gasteiger partial charge in [0.15, 0.2) is 0 Å². The van der Waals surface area contributed by atoms with E-state index in [1.165, 1.54) is 0 Å². The van der Waals surface area contributed by atoms with E-state index >= 15 is 0 Å². The maximum Gasteiger partial charge on any atom is 0.323 e. The summed E-state index contributed by atoms with van der Waals surface area (Å²) in [5.74, 6) is -0.293. The largest absolute Gasteiger partial charge is 0.458 e. The topological polar surface area (TPSA) is 62.1 Å². The monoisotopic (exact) mass is 244 g/mol. The number of carbonyl (C=O) groups excluding carboxylic acids is 1. The van der Waals surface area contributed by atoms with Gasteiger partial charge in [-0.05, 0) is 25.8 Å². The molecule has 1 aromatic carbocycles. The third kappa shape index (κ3) is 2.36. The summed E-state index contributed by atoms with van der Waals surface area (Å²) < 4.78 is 5.25. The van der Waals surface area contributed by atoms with Gasteiger partial charge in [0.05, 0.1) is 6.07 Å². The van der Waals surface area contributed by atoms with Crippen molar-refractivity contribution in [1.82, 2.24) is 5.32 Å². The summed E-state index contributed by atoms with van der Waals surface area (Å²) in [5, 5.41) is 12.3. The Morgan fingerprint density at radius 1 is 1.44 bits per heavy atom. The predicted molar refractivity (Wildman–Crippen MR) is 66.6 cm³/mol. The van der Waals surface area contributed by atoms with Crippen LogP contribution in [0.1, 0.15) is 19.4 Å². The number of rotatable bonds is 2. The SMILES string of the molecule is C[C@H]1OC(=O)[C@@H](Cc2ccccc2)N[C@]1(C)C#N. The normalized spacial score (nSPS) is 31.5. The number of ether oxygens (including phenoxy) is 1. The van der Waals surface area contributed by atoms with Crippen molar-refractivity contribution in [2.75, 3.05) is 0 Å². The lowest BCUT2D eigenvalue weighted by atomic mass is 9.92. The van der Waals surface area contributed by atoms with Crippen LogP contribution >= 0.6 is 0 Å². The molecular weight excluding hydrogens is 228 g/mol. The molecule has 0 saturated carbocycles. The van der Waals surface area contributed by atoms with Crippen LogP contribution in [0.4, 0.5) is 0 Å². The molecule has 1 fully saturated rings. The van der Waals surface area contributed by atoms with Crippen molar-refractivity contribution >= 4 is 5.97 Å². The highest BCUT2D eigenvalue weighted by Crippen LogP contribution is 2.21. The van der Waals surface area contributed by atoms with Crippen LogP contribution in [-0.2, 0) is 16.0 Å². The number of benzene rings is 1. The average Bonchev–Trinajstić information content (AvgIpc) is 2.37. The Balaban J connectivity index is 2.14. The number of nitrogens with zero attached hydrogens (tertiary/aromatic N) is 1. The van der Waals surface area contributed by atoms with E-state index in [0.717, 1.165) is 5.56 Å². The van der Waals surface area contributed by atoms with E-state index in [9.17, 15) is 10.1 Å². The molecule has 0 aliphatic carbocycles. The van der Waals surface area contributed by atoms with Gasteiger partial charge in [-0.3, -0.25) is 10.1 Å². The Hall–Kier alpha value is -1.86. The minimum Gasteiger partial charge on any atom is -0.458 e. The molecule has 0 unspecified atom stereocenters. The van der Waals surface area contributed by atoms with Crippen LogP contribution in [0.25, 0.3) is 0 Å².